The minimum absolute atomic E-state index is 0.0298. The SMILES string of the molecule is Cn1cc(CC(=O)N2CCCC(O)(COc3cccc(Cl)c3)C2)c2ccccc21. The fourth-order valence-corrected chi connectivity index (χ4v) is 4.24. The standard InChI is InChI=1S/C23H25ClN2O3/c1-25-14-17(20-8-2-3-9-21(20)25)12-22(27)26-11-5-10-23(28,15-26)16-29-19-7-4-6-18(24)13-19/h2-4,6-9,13-14,28H,5,10-12,15-16H2,1H3. The molecule has 1 aliphatic rings. The van der Waals surface area contributed by atoms with Crippen molar-refractivity contribution in [1.29, 1.82) is 0 Å². The normalized spacial score (nSPS) is 19.5. The number of halogens is 1. The molecule has 5 nitrogen and oxygen atoms in total. The van der Waals surface area contributed by atoms with Gasteiger partial charge in [0.05, 0.1) is 13.0 Å². The van der Waals surface area contributed by atoms with Crippen LogP contribution in [0.15, 0.2) is 54.7 Å². The van der Waals surface area contributed by atoms with Gasteiger partial charge in [0.1, 0.15) is 18.0 Å². The summed E-state index contributed by atoms with van der Waals surface area (Å²) in [6, 6.07) is 15.2. The van der Waals surface area contributed by atoms with Gasteiger partial charge in [-0.2, -0.15) is 0 Å². The zero-order valence-electron chi connectivity index (χ0n) is 16.5. The van der Waals surface area contributed by atoms with Crippen LogP contribution in [0.25, 0.3) is 10.9 Å². The van der Waals surface area contributed by atoms with Gasteiger partial charge >= 0.3 is 0 Å². The lowest BCUT2D eigenvalue weighted by Crippen LogP contribution is -2.53. The van der Waals surface area contributed by atoms with Crippen molar-refractivity contribution in [2.75, 3.05) is 19.7 Å². The van der Waals surface area contributed by atoms with Crippen LogP contribution in [-0.4, -0.2) is 45.8 Å². The molecule has 1 N–H and O–H groups in total. The number of hydrogen-bond donors (Lipinski definition) is 1. The van der Waals surface area contributed by atoms with Crippen molar-refractivity contribution in [2.45, 2.75) is 24.9 Å². The van der Waals surface area contributed by atoms with E-state index in [9.17, 15) is 9.90 Å². The van der Waals surface area contributed by atoms with Crippen LogP contribution in [0.5, 0.6) is 5.75 Å². The van der Waals surface area contributed by atoms with Crippen molar-refractivity contribution in [2.24, 2.45) is 7.05 Å². The van der Waals surface area contributed by atoms with E-state index in [-0.39, 0.29) is 19.1 Å². The molecular weight excluding hydrogens is 388 g/mol. The molecule has 6 heteroatoms. The summed E-state index contributed by atoms with van der Waals surface area (Å²) in [7, 11) is 1.99. The van der Waals surface area contributed by atoms with Crippen LogP contribution in [0.1, 0.15) is 18.4 Å². The summed E-state index contributed by atoms with van der Waals surface area (Å²) >= 11 is 5.99. The fourth-order valence-electron chi connectivity index (χ4n) is 4.06. The van der Waals surface area contributed by atoms with Gasteiger partial charge in [0, 0.05) is 35.7 Å². The summed E-state index contributed by atoms with van der Waals surface area (Å²) in [5.74, 6) is 0.646. The highest BCUT2D eigenvalue weighted by Crippen LogP contribution is 2.26. The third-order valence-corrected chi connectivity index (χ3v) is 5.77. The topological polar surface area (TPSA) is 54.7 Å². The molecule has 2 heterocycles. The van der Waals surface area contributed by atoms with Gasteiger partial charge in [0.25, 0.3) is 0 Å². The molecule has 1 unspecified atom stereocenters. The number of ether oxygens (including phenoxy) is 1. The molecule has 3 aromatic rings. The summed E-state index contributed by atoms with van der Waals surface area (Å²) < 4.78 is 7.81. The summed E-state index contributed by atoms with van der Waals surface area (Å²) in [5, 5.41) is 12.7. The van der Waals surface area contributed by atoms with Gasteiger partial charge in [-0.15, -0.1) is 0 Å². The quantitative estimate of drug-likeness (QED) is 0.693. The minimum Gasteiger partial charge on any atom is -0.490 e. The third kappa shape index (κ3) is 4.41. The van der Waals surface area contributed by atoms with Gasteiger partial charge in [0.15, 0.2) is 0 Å². The van der Waals surface area contributed by atoms with Crippen LogP contribution in [0, 0.1) is 0 Å². The Morgan fingerprint density at radius 3 is 2.90 bits per heavy atom. The number of fused-ring (bicyclic) bond motifs is 1. The fraction of sp³-hybridized carbons (Fsp3) is 0.348. The van der Waals surface area contributed by atoms with Crippen LogP contribution >= 0.6 is 11.6 Å². The van der Waals surface area contributed by atoms with Crippen molar-refractivity contribution in [1.82, 2.24) is 9.47 Å². The van der Waals surface area contributed by atoms with E-state index >= 15 is 0 Å². The first-order chi connectivity index (χ1) is 13.9. The maximum Gasteiger partial charge on any atom is 0.227 e. The van der Waals surface area contributed by atoms with Crippen LogP contribution in [0.2, 0.25) is 5.02 Å². The van der Waals surface area contributed by atoms with E-state index in [2.05, 4.69) is 6.07 Å². The zero-order chi connectivity index (χ0) is 20.4. The number of β-amino-alcohol motifs (C(OH)–C–C–N with tert-alkyl or cyclic N) is 1. The number of aliphatic hydroxyl groups is 1. The molecule has 0 saturated carbocycles. The number of piperidine rings is 1. The molecule has 152 valence electrons. The second-order valence-corrected chi connectivity index (χ2v) is 8.28. The van der Waals surface area contributed by atoms with Crippen molar-refractivity contribution in [3.8, 4) is 5.75 Å². The van der Waals surface area contributed by atoms with E-state index in [0.717, 1.165) is 22.9 Å². The molecule has 4 rings (SSSR count). The molecule has 1 atom stereocenters. The summed E-state index contributed by atoms with van der Waals surface area (Å²) in [6.45, 7) is 1.06. The third-order valence-electron chi connectivity index (χ3n) is 5.53. The number of aryl methyl sites for hydroxylation is 1. The highest BCUT2D eigenvalue weighted by Gasteiger charge is 2.36. The molecule has 0 aliphatic carbocycles. The van der Waals surface area contributed by atoms with Crippen LogP contribution in [0.3, 0.4) is 0 Å². The molecule has 1 aliphatic heterocycles. The first-order valence-corrected chi connectivity index (χ1v) is 10.2. The second kappa shape index (κ2) is 8.09. The number of rotatable bonds is 5. The van der Waals surface area contributed by atoms with Gasteiger partial charge in [0.2, 0.25) is 5.91 Å². The molecule has 29 heavy (non-hydrogen) atoms. The molecule has 2 aromatic carbocycles. The number of aromatic nitrogens is 1. The smallest absolute Gasteiger partial charge is 0.227 e. The number of hydrogen-bond acceptors (Lipinski definition) is 3. The predicted octanol–water partition coefficient (Wildman–Crippen LogP) is 3.81. The molecule has 1 fully saturated rings. The molecular formula is C23H25ClN2O3. The van der Waals surface area contributed by atoms with Crippen LogP contribution in [-0.2, 0) is 18.3 Å². The first-order valence-electron chi connectivity index (χ1n) is 9.85. The number of likely N-dealkylation sites (tertiary alicyclic amines) is 1. The molecule has 1 saturated heterocycles. The lowest BCUT2D eigenvalue weighted by atomic mass is 9.93. The number of amides is 1. The van der Waals surface area contributed by atoms with Crippen molar-refractivity contribution in [3.63, 3.8) is 0 Å². The largest absolute Gasteiger partial charge is 0.490 e. The van der Waals surface area contributed by atoms with E-state index in [0.29, 0.717) is 30.2 Å². The zero-order valence-corrected chi connectivity index (χ0v) is 17.2. The van der Waals surface area contributed by atoms with E-state index < -0.39 is 5.60 Å². The Morgan fingerprint density at radius 1 is 1.24 bits per heavy atom. The molecule has 0 bridgehead atoms. The summed E-state index contributed by atoms with van der Waals surface area (Å²) in [6.07, 6.45) is 3.69. The average Bonchev–Trinajstić information content (AvgIpc) is 3.02. The summed E-state index contributed by atoms with van der Waals surface area (Å²) in [5.41, 5.74) is 1.06. The Bertz CT molecular complexity index is 1030. The number of para-hydroxylation sites is 1. The average molecular weight is 413 g/mol. The number of benzene rings is 2. The lowest BCUT2D eigenvalue weighted by Gasteiger charge is -2.39. The maximum atomic E-state index is 13.0. The van der Waals surface area contributed by atoms with Gasteiger partial charge < -0.3 is 19.3 Å². The second-order valence-electron chi connectivity index (χ2n) is 7.85. The first kappa shape index (κ1) is 19.8. The number of nitrogens with zero attached hydrogens (tertiary/aromatic N) is 2. The van der Waals surface area contributed by atoms with Gasteiger partial charge in [-0.3, -0.25) is 4.79 Å². The Morgan fingerprint density at radius 2 is 2.07 bits per heavy atom. The Balaban J connectivity index is 1.42. The van der Waals surface area contributed by atoms with Crippen LogP contribution < -0.4 is 4.74 Å². The highest BCUT2D eigenvalue weighted by atomic mass is 35.5. The van der Waals surface area contributed by atoms with Crippen LogP contribution in [0.4, 0.5) is 0 Å². The Labute approximate surface area is 175 Å². The van der Waals surface area contributed by atoms with Gasteiger partial charge in [-0.1, -0.05) is 35.9 Å². The lowest BCUT2D eigenvalue weighted by molar-refractivity contribution is -0.139. The Kier molecular flexibility index (Phi) is 5.52. The van der Waals surface area contributed by atoms with Crippen molar-refractivity contribution in [3.05, 3.63) is 65.3 Å². The van der Waals surface area contributed by atoms with E-state index in [4.69, 9.17) is 16.3 Å². The molecule has 1 aromatic heterocycles. The molecule has 0 spiro atoms. The van der Waals surface area contributed by atoms with E-state index in [1.807, 2.05) is 48.1 Å². The summed E-state index contributed by atoms with van der Waals surface area (Å²) in [4.78, 5) is 14.7. The van der Waals surface area contributed by atoms with Gasteiger partial charge in [-0.25, -0.2) is 0 Å². The highest BCUT2D eigenvalue weighted by molar-refractivity contribution is 6.30. The molecule has 0 radical (unpaired) electrons. The van der Waals surface area contributed by atoms with E-state index in [1.54, 1.807) is 17.0 Å². The van der Waals surface area contributed by atoms with Crippen molar-refractivity contribution < 1.29 is 14.6 Å². The minimum atomic E-state index is -1.06. The molecule has 1 amide bonds. The predicted molar refractivity (Wildman–Crippen MR) is 114 cm³/mol. The van der Waals surface area contributed by atoms with E-state index in [1.165, 1.54) is 0 Å². The number of carbonyl (C=O) groups is 1. The van der Waals surface area contributed by atoms with Crippen molar-refractivity contribution >= 4 is 28.4 Å². The Hall–Kier alpha value is -2.50. The van der Waals surface area contributed by atoms with Gasteiger partial charge in [-0.05, 0) is 42.7 Å². The monoisotopic (exact) mass is 412 g/mol. The number of carbonyl (C=O) groups excluding carboxylic acids is 1. The maximum absolute atomic E-state index is 13.0.